The van der Waals surface area contributed by atoms with Crippen LogP contribution in [0.3, 0.4) is 0 Å². The minimum atomic E-state index is -0.590. The van der Waals surface area contributed by atoms with E-state index in [-0.39, 0.29) is 0 Å². The summed E-state index contributed by atoms with van der Waals surface area (Å²) in [5, 5.41) is 4.54. The number of anilines is 3. The molecule has 1 aliphatic carbocycles. The second kappa shape index (κ2) is 17.4. The van der Waals surface area contributed by atoms with Crippen molar-refractivity contribution in [1.29, 1.82) is 0 Å². The third-order valence-corrected chi connectivity index (χ3v) is 15.2. The smallest absolute Gasteiger partial charge is 0.137 e. The predicted molar refractivity (Wildman–Crippen MR) is 305 cm³/mol. The minimum Gasteiger partial charge on any atom is -0.456 e. The molecule has 0 radical (unpaired) electrons. The molecule has 1 unspecified atom stereocenters. The topological polar surface area (TPSA) is 16.4 Å². The van der Waals surface area contributed by atoms with Crippen molar-refractivity contribution in [3.05, 3.63) is 307 Å². The summed E-state index contributed by atoms with van der Waals surface area (Å²) in [6.45, 7) is 0. The maximum absolute atomic E-state index is 6.76. The van der Waals surface area contributed by atoms with Crippen LogP contribution in [0.4, 0.5) is 17.1 Å². The molecule has 0 fully saturated rings. The molecule has 0 aliphatic heterocycles. The molecule has 0 spiro atoms. The fraction of sp³-hybridized carbons (Fsp3) is 0.0141. The van der Waals surface area contributed by atoms with E-state index in [4.69, 9.17) is 4.42 Å². The van der Waals surface area contributed by atoms with Gasteiger partial charge in [-0.3, -0.25) is 0 Å². The molecule has 0 N–H and O–H groups in total. The van der Waals surface area contributed by atoms with Crippen LogP contribution >= 0.6 is 0 Å². The van der Waals surface area contributed by atoms with Crippen LogP contribution in [-0.4, -0.2) is 0 Å². The van der Waals surface area contributed by atoms with Gasteiger partial charge in [0.25, 0.3) is 0 Å². The highest BCUT2D eigenvalue weighted by Gasteiger charge is 2.47. The zero-order valence-corrected chi connectivity index (χ0v) is 40.0. The Kier molecular flexibility index (Phi) is 10.1. The average molecular weight is 930 g/mol. The van der Waals surface area contributed by atoms with Gasteiger partial charge in [0.1, 0.15) is 11.2 Å². The van der Waals surface area contributed by atoms with Crippen molar-refractivity contribution < 1.29 is 4.42 Å². The van der Waals surface area contributed by atoms with E-state index in [1.54, 1.807) is 0 Å². The minimum absolute atomic E-state index is 0.590. The number of hydrogen-bond donors (Lipinski definition) is 0. The second-order valence-corrected chi connectivity index (χ2v) is 19.1. The molecule has 1 atom stereocenters. The van der Waals surface area contributed by atoms with Crippen molar-refractivity contribution in [1.82, 2.24) is 0 Å². The van der Waals surface area contributed by atoms with E-state index in [9.17, 15) is 0 Å². The molecule has 0 saturated heterocycles. The van der Waals surface area contributed by atoms with E-state index in [1.807, 2.05) is 0 Å². The van der Waals surface area contributed by atoms with Gasteiger partial charge >= 0.3 is 0 Å². The van der Waals surface area contributed by atoms with Crippen LogP contribution in [-0.2, 0) is 5.41 Å². The molecule has 12 aromatic carbocycles. The molecule has 73 heavy (non-hydrogen) atoms. The highest BCUT2D eigenvalue weighted by molar-refractivity contribution is 6.15. The van der Waals surface area contributed by atoms with Gasteiger partial charge in [0.15, 0.2) is 0 Å². The molecule has 0 bridgehead atoms. The quantitative estimate of drug-likeness (QED) is 0.143. The number of rotatable bonds is 9. The van der Waals surface area contributed by atoms with Gasteiger partial charge in [0, 0.05) is 16.6 Å². The lowest BCUT2D eigenvalue weighted by Crippen LogP contribution is -2.28. The van der Waals surface area contributed by atoms with Crippen molar-refractivity contribution in [2.24, 2.45) is 0 Å². The van der Waals surface area contributed by atoms with Crippen molar-refractivity contribution >= 4 is 49.8 Å². The molecule has 1 aliphatic rings. The van der Waals surface area contributed by atoms with E-state index < -0.39 is 5.41 Å². The monoisotopic (exact) mass is 929 g/mol. The van der Waals surface area contributed by atoms with E-state index in [1.165, 1.54) is 72.0 Å². The Morgan fingerprint density at radius 1 is 0.288 bits per heavy atom. The lowest BCUT2D eigenvalue weighted by molar-refractivity contribution is 0.669. The molecule has 0 saturated carbocycles. The summed E-state index contributed by atoms with van der Waals surface area (Å²) >= 11 is 0. The SMILES string of the molecule is c1ccc(-c2ccc3oc4cccc(N(c5ccc(C6(c7ccccc7)c7ccccc7-c7c(-c8ccccc8)cccc76)cc5)c5ccccc5-c5ccc(-c6ccccc6)c6ccccc56)c4c3c2)cc1. The first-order chi connectivity index (χ1) is 36.2. The van der Waals surface area contributed by atoms with Gasteiger partial charge in [-0.25, -0.2) is 0 Å². The second-order valence-electron chi connectivity index (χ2n) is 19.1. The Morgan fingerprint density at radius 2 is 0.822 bits per heavy atom. The van der Waals surface area contributed by atoms with Crippen molar-refractivity contribution in [3.63, 3.8) is 0 Å². The van der Waals surface area contributed by atoms with E-state index in [0.29, 0.717) is 0 Å². The summed E-state index contributed by atoms with van der Waals surface area (Å²) in [6, 6.07) is 104. The van der Waals surface area contributed by atoms with Crippen LogP contribution < -0.4 is 4.90 Å². The highest BCUT2D eigenvalue weighted by Crippen LogP contribution is 2.59. The van der Waals surface area contributed by atoms with Gasteiger partial charge in [-0.1, -0.05) is 243 Å². The van der Waals surface area contributed by atoms with Crippen LogP contribution in [0.15, 0.2) is 290 Å². The van der Waals surface area contributed by atoms with Gasteiger partial charge in [-0.05, 0) is 126 Å². The van der Waals surface area contributed by atoms with Crippen LogP contribution in [0.2, 0.25) is 0 Å². The largest absolute Gasteiger partial charge is 0.456 e. The molecule has 342 valence electrons. The Balaban J connectivity index is 1.02. The van der Waals surface area contributed by atoms with Gasteiger partial charge in [0.05, 0.1) is 22.2 Å². The van der Waals surface area contributed by atoms with Gasteiger partial charge in [-0.2, -0.15) is 0 Å². The first-order valence-electron chi connectivity index (χ1n) is 25.2. The number of benzene rings is 12. The maximum atomic E-state index is 6.76. The van der Waals surface area contributed by atoms with Gasteiger partial charge in [-0.15, -0.1) is 0 Å². The lowest BCUT2D eigenvalue weighted by Gasteiger charge is -2.35. The summed E-state index contributed by atoms with van der Waals surface area (Å²) in [6.07, 6.45) is 0. The molecule has 13 aromatic rings. The van der Waals surface area contributed by atoms with Crippen LogP contribution in [0.25, 0.3) is 88.3 Å². The fourth-order valence-electron chi connectivity index (χ4n) is 12.0. The number of hydrogen-bond acceptors (Lipinski definition) is 2. The number of fused-ring (bicyclic) bond motifs is 7. The standard InChI is InChI=1S/C71H47NO/c1-5-21-48(22-6-1)51-39-46-67-62(47-51)70-66(37-20-38-68(70)73-67)72(65-36-18-16-31-60(65)59-45-44-55(49-23-7-2-8-24-49)57-29-13-14-30-58(57)59)54-42-40-53(41-43-54)71(52-27-11-4-12-28-52)63-34-17-15-32-61(63)69-56(33-19-35-64(69)71)50-25-9-3-10-26-50/h1-47H. The van der Waals surface area contributed by atoms with Gasteiger partial charge in [0.2, 0.25) is 0 Å². The Morgan fingerprint density at radius 3 is 1.56 bits per heavy atom. The van der Waals surface area contributed by atoms with E-state index >= 15 is 0 Å². The molecule has 2 heteroatoms. The highest BCUT2D eigenvalue weighted by atomic mass is 16.3. The number of furan rings is 1. The van der Waals surface area contributed by atoms with Crippen LogP contribution in [0, 0.1) is 0 Å². The summed E-state index contributed by atoms with van der Waals surface area (Å²) in [4.78, 5) is 2.46. The molecule has 0 amide bonds. The van der Waals surface area contributed by atoms with Crippen molar-refractivity contribution in [2.45, 2.75) is 5.41 Å². The summed E-state index contributed by atoms with van der Waals surface area (Å²) in [5.74, 6) is 0. The number of nitrogens with zero attached hydrogens (tertiary/aromatic N) is 1. The summed E-state index contributed by atoms with van der Waals surface area (Å²) in [7, 11) is 0. The molecule has 2 nitrogen and oxygen atoms in total. The average Bonchev–Trinajstić information content (AvgIpc) is 4.05. The number of para-hydroxylation sites is 1. The third-order valence-electron chi connectivity index (χ3n) is 15.2. The Labute approximate surface area is 425 Å². The molecule has 1 aromatic heterocycles. The lowest BCUT2D eigenvalue weighted by atomic mass is 9.67. The maximum Gasteiger partial charge on any atom is 0.137 e. The summed E-state index contributed by atoms with van der Waals surface area (Å²) < 4.78 is 6.76. The molecule has 1 heterocycles. The Hall–Kier alpha value is -9.50. The van der Waals surface area contributed by atoms with E-state index in [2.05, 4.69) is 290 Å². The predicted octanol–water partition coefficient (Wildman–Crippen LogP) is 19.2. The summed E-state index contributed by atoms with van der Waals surface area (Å²) in [5.41, 5.74) is 21.3. The molecule has 14 rings (SSSR count). The first-order valence-corrected chi connectivity index (χ1v) is 25.2. The normalized spacial score (nSPS) is 13.8. The van der Waals surface area contributed by atoms with Gasteiger partial charge < -0.3 is 9.32 Å². The zero-order valence-electron chi connectivity index (χ0n) is 40.0. The first kappa shape index (κ1) is 42.4. The van der Waals surface area contributed by atoms with Crippen molar-refractivity contribution in [2.75, 3.05) is 4.90 Å². The van der Waals surface area contributed by atoms with E-state index in [0.717, 1.165) is 55.7 Å². The van der Waals surface area contributed by atoms with Crippen LogP contribution in [0.1, 0.15) is 22.3 Å². The molecular formula is C71H47NO. The Bertz CT molecular complexity index is 4180. The fourth-order valence-corrected chi connectivity index (χ4v) is 12.0. The third kappa shape index (κ3) is 6.79. The zero-order chi connectivity index (χ0) is 48.3. The van der Waals surface area contributed by atoms with Crippen molar-refractivity contribution in [3.8, 4) is 55.6 Å². The van der Waals surface area contributed by atoms with Crippen LogP contribution in [0.5, 0.6) is 0 Å². The molecular weight excluding hydrogens is 883 g/mol.